The van der Waals surface area contributed by atoms with E-state index in [2.05, 4.69) is 15.1 Å². The first kappa shape index (κ1) is 8.99. The molecule has 1 aliphatic rings. The molecule has 2 heterocycles. The Balaban J connectivity index is 1.90. The lowest BCUT2D eigenvalue weighted by molar-refractivity contribution is 0.421. The van der Waals surface area contributed by atoms with Gasteiger partial charge in [0.25, 0.3) is 5.89 Å². The van der Waals surface area contributed by atoms with E-state index < -0.39 is 0 Å². The van der Waals surface area contributed by atoms with Crippen molar-refractivity contribution in [1.29, 1.82) is 0 Å². The van der Waals surface area contributed by atoms with Crippen LogP contribution in [0.15, 0.2) is 9.90 Å². The van der Waals surface area contributed by atoms with E-state index in [0.717, 1.165) is 16.5 Å². The Morgan fingerprint density at radius 3 is 3.00 bits per heavy atom. The summed E-state index contributed by atoms with van der Waals surface area (Å²) in [6, 6.07) is 0. The fraction of sp³-hybridized carbons (Fsp3) is 0.444. The molecular weight excluding hydrogens is 212 g/mol. The van der Waals surface area contributed by atoms with Gasteiger partial charge in [-0.3, -0.25) is 0 Å². The molecule has 0 bridgehead atoms. The largest absolute Gasteiger partial charge is 0.332 e. The lowest BCUT2D eigenvalue weighted by Crippen LogP contribution is -1.94. The number of rotatable bonds is 3. The van der Waals surface area contributed by atoms with E-state index >= 15 is 0 Å². The van der Waals surface area contributed by atoms with Crippen LogP contribution in [0.2, 0.25) is 0 Å². The second-order valence-corrected chi connectivity index (χ2v) is 4.51. The Morgan fingerprint density at radius 1 is 1.47 bits per heavy atom. The van der Waals surface area contributed by atoms with Crippen LogP contribution in [0.1, 0.15) is 29.6 Å². The third kappa shape index (κ3) is 1.66. The van der Waals surface area contributed by atoms with E-state index in [1.807, 2.05) is 5.38 Å². The number of hydrogen-bond donors (Lipinski definition) is 1. The van der Waals surface area contributed by atoms with Crippen LogP contribution < -0.4 is 5.73 Å². The maximum absolute atomic E-state index is 5.49. The van der Waals surface area contributed by atoms with Gasteiger partial charge in [0.1, 0.15) is 10.7 Å². The molecule has 0 amide bonds. The van der Waals surface area contributed by atoms with E-state index in [-0.39, 0.29) is 0 Å². The van der Waals surface area contributed by atoms with E-state index in [9.17, 15) is 0 Å². The van der Waals surface area contributed by atoms with Crippen molar-refractivity contribution in [2.24, 2.45) is 5.73 Å². The quantitative estimate of drug-likeness (QED) is 0.852. The first-order valence-electron chi connectivity index (χ1n) is 4.85. The summed E-state index contributed by atoms with van der Waals surface area (Å²) >= 11 is 1.51. The molecule has 0 saturated heterocycles. The molecule has 0 aromatic carbocycles. The van der Waals surface area contributed by atoms with E-state index in [0.29, 0.717) is 18.4 Å². The third-order valence-electron chi connectivity index (χ3n) is 2.33. The molecule has 1 fully saturated rings. The minimum absolute atomic E-state index is 0.453. The normalized spacial score (nSPS) is 15.8. The van der Waals surface area contributed by atoms with Crippen molar-refractivity contribution in [2.75, 3.05) is 0 Å². The molecule has 0 unspecified atom stereocenters. The minimum atomic E-state index is 0.453. The summed E-state index contributed by atoms with van der Waals surface area (Å²) in [5.41, 5.74) is 6.22. The zero-order valence-electron chi connectivity index (χ0n) is 8.01. The first-order chi connectivity index (χ1) is 7.36. The van der Waals surface area contributed by atoms with Gasteiger partial charge >= 0.3 is 0 Å². The molecular formula is C9H10N4OS. The molecule has 1 saturated carbocycles. The Kier molecular flexibility index (Phi) is 2.03. The average Bonchev–Trinajstić information content (AvgIpc) is 2.84. The van der Waals surface area contributed by atoms with Crippen molar-refractivity contribution in [3.05, 3.63) is 16.2 Å². The van der Waals surface area contributed by atoms with Gasteiger partial charge in [-0.2, -0.15) is 4.98 Å². The molecule has 5 nitrogen and oxygen atoms in total. The van der Waals surface area contributed by atoms with Gasteiger partial charge < -0.3 is 10.3 Å². The van der Waals surface area contributed by atoms with E-state index in [1.54, 1.807) is 0 Å². The summed E-state index contributed by atoms with van der Waals surface area (Å²) < 4.78 is 5.15. The first-order valence-corrected chi connectivity index (χ1v) is 5.73. The van der Waals surface area contributed by atoms with Gasteiger partial charge in [0, 0.05) is 17.8 Å². The van der Waals surface area contributed by atoms with E-state index in [4.69, 9.17) is 10.3 Å². The number of nitrogens with two attached hydrogens (primary N) is 1. The molecule has 78 valence electrons. The van der Waals surface area contributed by atoms with Crippen LogP contribution >= 0.6 is 11.3 Å². The zero-order valence-corrected chi connectivity index (χ0v) is 8.83. The van der Waals surface area contributed by atoms with Gasteiger partial charge in [-0.15, -0.1) is 11.3 Å². The summed E-state index contributed by atoms with van der Waals surface area (Å²) in [5, 5.41) is 6.72. The van der Waals surface area contributed by atoms with Gasteiger partial charge in [-0.05, 0) is 12.8 Å². The molecule has 2 aromatic rings. The maximum Gasteiger partial charge on any atom is 0.277 e. The van der Waals surface area contributed by atoms with Crippen molar-refractivity contribution in [2.45, 2.75) is 25.3 Å². The summed E-state index contributed by atoms with van der Waals surface area (Å²) in [6.07, 6.45) is 2.34. The third-order valence-corrected chi connectivity index (χ3v) is 3.20. The van der Waals surface area contributed by atoms with E-state index in [1.165, 1.54) is 24.2 Å². The lowest BCUT2D eigenvalue weighted by Gasteiger charge is -1.84. The van der Waals surface area contributed by atoms with Crippen molar-refractivity contribution < 1.29 is 4.52 Å². The molecule has 0 radical (unpaired) electrons. The number of thiazole rings is 1. The summed E-state index contributed by atoms with van der Waals surface area (Å²) in [4.78, 5) is 8.61. The Bertz CT molecular complexity index is 474. The fourth-order valence-corrected chi connectivity index (χ4v) is 2.00. The Labute approximate surface area is 90.3 Å². The highest BCUT2D eigenvalue weighted by Crippen LogP contribution is 2.38. The lowest BCUT2D eigenvalue weighted by atomic mass is 10.4. The number of hydrogen-bond acceptors (Lipinski definition) is 6. The summed E-state index contributed by atoms with van der Waals surface area (Å²) in [5.74, 6) is 1.83. The van der Waals surface area contributed by atoms with Gasteiger partial charge in [0.15, 0.2) is 5.82 Å². The number of aromatic nitrogens is 3. The SMILES string of the molecule is NCc1nc(-c2nc(C3CC3)no2)cs1. The molecule has 3 rings (SSSR count). The maximum atomic E-state index is 5.49. The van der Waals surface area contributed by atoms with Crippen LogP contribution in [0.25, 0.3) is 11.6 Å². The van der Waals surface area contributed by atoms with Crippen LogP contribution in [0, 0.1) is 0 Å². The van der Waals surface area contributed by atoms with Gasteiger partial charge in [-0.25, -0.2) is 4.98 Å². The van der Waals surface area contributed by atoms with Crippen molar-refractivity contribution in [3.63, 3.8) is 0 Å². The second-order valence-electron chi connectivity index (χ2n) is 3.56. The monoisotopic (exact) mass is 222 g/mol. The van der Waals surface area contributed by atoms with Crippen LogP contribution in [0.3, 0.4) is 0 Å². The highest BCUT2D eigenvalue weighted by Gasteiger charge is 2.29. The molecule has 0 atom stereocenters. The predicted molar refractivity (Wildman–Crippen MR) is 55.3 cm³/mol. The van der Waals surface area contributed by atoms with Crippen LogP contribution in [0.5, 0.6) is 0 Å². The van der Waals surface area contributed by atoms with Gasteiger partial charge in [0.05, 0.1) is 0 Å². The zero-order chi connectivity index (χ0) is 10.3. The molecule has 1 aliphatic carbocycles. The van der Waals surface area contributed by atoms with Crippen molar-refractivity contribution >= 4 is 11.3 Å². The Morgan fingerprint density at radius 2 is 2.33 bits per heavy atom. The highest BCUT2D eigenvalue weighted by molar-refractivity contribution is 7.09. The topological polar surface area (TPSA) is 77.8 Å². The standard InChI is InChI=1S/C9H10N4OS/c10-3-7-11-6(4-15-7)9-12-8(13-14-9)5-1-2-5/h4-5H,1-3,10H2. The highest BCUT2D eigenvalue weighted by atomic mass is 32.1. The molecule has 6 heteroatoms. The minimum Gasteiger partial charge on any atom is -0.332 e. The molecule has 0 aliphatic heterocycles. The summed E-state index contributed by atoms with van der Waals surface area (Å²) in [7, 11) is 0. The average molecular weight is 222 g/mol. The Hall–Kier alpha value is -1.27. The predicted octanol–water partition coefficient (Wildman–Crippen LogP) is 1.53. The molecule has 2 N–H and O–H groups in total. The molecule has 15 heavy (non-hydrogen) atoms. The number of nitrogens with zero attached hydrogens (tertiary/aromatic N) is 3. The van der Waals surface area contributed by atoms with Crippen molar-refractivity contribution in [1.82, 2.24) is 15.1 Å². The molecule has 0 spiro atoms. The van der Waals surface area contributed by atoms with Crippen LogP contribution in [0.4, 0.5) is 0 Å². The van der Waals surface area contributed by atoms with Crippen LogP contribution in [-0.4, -0.2) is 15.1 Å². The van der Waals surface area contributed by atoms with Crippen LogP contribution in [-0.2, 0) is 6.54 Å². The van der Waals surface area contributed by atoms with Gasteiger partial charge in [-0.1, -0.05) is 5.16 Å². The molecule has 2 aromatic heterocycles. The fourth-order valence-electron chi connectivity index (χ4n) is 1.35. The van der Waals surface area contributed by atoms with Gasteiger partial charge in [0.2, 0.25) is 0 Å². The smallest absolute Gasteiger partial charge is 0.277 e. The summed E-state index contributed by atoms with van der Waals surface area (Å²) in [6.45, 7) is 0.453. The van der Waals surface area contributed by atoms with Crippen molar-refractivity contribution in [3.8, 4) is 11.6 Å². The second kappa shape index (κ2) is 3.39.